The van der Waals surface area contributed by atoms with E-state index in [1.807, 2.05) is 4.90 Å². The van der Waals surface area contributed by atoms with E-state index in [2.05, 4.69) is 43.6 Å². The predicted molar refractivity (Wildman–Crippen MR) is 93.9 cm³/mol. The molecule has 1 rings (SSSR count). The van der Waals surface area contributed by atoms with Gasteiger partial charge in [0.05, 0.1) is 0 Å². The number of nitrogens with zero attached hydrogens (tertiary/aromatic N) is 2. The second-order valence-electron chi connectivity index (χ2n) is 6.56. The fourth-order valence-corrected chi connectivity index (χ4v) is 2.44. The lowest BCUT2D eigenvalue weighted by Gasteiger charge is -2.25. The van der Waals surface area contributed by atoms with Gasteiger partial charge in [0.15, 0.2) is 0 Å². The average molecular weight is 371 g/mol. The fourth-order valence-electron chi connectivity index (χ4n) is 2.06. The summed E-state index contributed by atoms with van der Waals surface area (Å²) in [4.78, 5) is 26.3. The van der Waals surface area contributed by atoms with E-state index >= 15 is 0 Å². The van der Waals surface area contributed by atoms with Gasteiger partial charge in [-0.25, -0.2) is 0 Å². The van der Waals surface area contributed by atoms with Crippen LogP contribution in [0.25, 0.3) is 0 Å². The highest BCUT2D eigenvalue weighted by Crippen LogP contribution is 2.09. The molecule has 124 valence electrons. The van der Waals surface area contributed by atoms with E-state index in [0.29, 0.717) is 11.8 Å². The van der Waals surface area contributed by atoms with E-state index < -0.39 is 0 Å². The van der Waals surface area contributed by atoms with Crippen molar-refractivity contribution < 1.29 is 4.79 Å². The van der Waals surface area contributed by atoms with E-state index in [9.17, 15) is 9.59 Å². The molecular formula is C17H27BrN2O2. The van der Waals surface area contributed by atoms with E-state index in [0.717, 1.165) is 30.4 Å². The smallest absolute Gasteiger partial charge is 0.251 e. The van der Waals surface area contributed by atoms with Crippen LogP contribution < -0.4 is 5.56 Å². The third kappa shape index (κ3) is 6.77. The molecule has 0 N–H and O–H groups in total. The zero-order valence-corrected chi connectivity index (χ0v) is 15.6. The first-order valence-electron chi connectivity index (χ1n) is 7.93. The Hall–Kier alpha value is -1.10. The molecule has 0 saturated carbocycles. The van der Waals surface area contributed by atoms with Crippen LogP contribution in [0.5, 0.6) is 0 Å². The summed E-state index contributed by atoms with van der Waals surface area (Å²) in [6.45, 7) is 10.2. The molecule has 1 heterocycles. The van der Waals surface area contributed by atoms with Crippen LogP contribution in [-0.2, 0) is 11.3 Å². The monoisotopic (exact) mass is 370 g/mol. The summed E-state index contributed by atoms with van der Waals surface area (Å²) in [6, 6.07) is 3.17. The van der Waals surface area contributed by atoms with Crippen molar-refractivity contribution >= 4 is 21.8 Å². The Morgan fingerprint density at radius 1 is 1.14 bits per heavy atom. The van der Waals surface area contributed by atoms with Crippen molar-refractivity contribution in [3.05, 3.63) is 33.2 Å². The number of pyridine rings is 1. The molecule has 0 aliphatic heterocycles. The van der Waals surface area contributed by atoms with Gasteiger partial charge in [0.1, 0.15) is 6.54 Å². The third-order valence-corrected chi connectivity index (χ3v) is 4.03. The van der Waals surface area contributed by atoms with Gasteiger partial charge < -0.3 is 9.47 Å². The lowest BCUT2D eigenvalue weighted by atomic mass is 10.1. The van der Waals surface area contributed by atoms with Gasteiger partial charge in [0, 0.05) is 29.8 Å². The van der Waals surface area contributed by atoms with Crippen LogP contribution in [0.1, 0.15) is 40.5 Å². The normalized spacial score (nSPS) is 11.2. The number of rotatable bonds is 8. The second kappa shape index (κ2) is 9.13. The largest absolute Gasteiger partial charge is 0.341 e. The SMILES string of the molecule is CC(C)CCN(CCC(C)C)C(=O)Cn1cc(Br)ccc1=O. The van der Waals surface area contributed by atoms with Crippen LogP contribution in [-0.4, -0.2) is 28.5 Å². The van der Waals surface area contributed by atoms with Crippen LogP contribution >= 0.6 is 15.9 Å². The van der Waals surface area contributed by atoms with Crippen molar-refractivity contribution in [2.75, 3.05) is 13.1 Å². The molecule has 0 aliphatic rings. The molecular weight excluding hydrogens is 344 g/mol. The number of carbonyl (C=O) groups is 1. The van der Waals surface area contributed by atoms with Crippen molar-refractivity contribution in [1.29, 1.82) is 0 Å². The minimum absolute atomic E-state index is 0.0153. The molecule has 0 aliphatic carbocycles. The Morgan fingerprint density at radius 3 is 2.18 bits per heavy atom. The van der Waals surface area contributed by atoms with Crippen LogP contribution in [0, 0.1) is 11.8 Å². The van der Waals surface area contributed by atoms with E-state index in [4.69, 9.17) is 0 Å². The maximum atomic E-state index is 12.6. The molecule has 1 amide bonds. The molecule has 22 heavy (non-hydrogen) atoms. The number of hydrogen-bond donors (Lipinski definition) is 0. The zero-order valence-electron chi connectivity index (χ0n) is 14.0. The highest BCUT2D eigenvalue weighted by Gasteiger charge is 2.15. The molecule has 0 bridgehead atoms. The summed E-state index contributed by atoms with van der Waals surface area (Å²) in [6.07, 6.45) is 3.64. The summed E-state index contributed by atoms with van der Waals surface area (Å²) >= 11 is 3.34. The van der Waals surface area contributed by atoms with Crippen molar-refractivity contribution in [2.45, 2.75) is 47.1 Å². The van der Waals surface area contributed by atoms with Gasteiger partial charge in [-0.2, -0.15) is 0 Å². The lowest BCUT2D eigenvalue weighted by molar-refractivity contribution is -0.132. The van der Waals surface area contributed by atoms with E-state index in [1.54, 1.807) is 12.3 Å². The maximum absolute atomic E-state index is 12.6. The number of amides is 1. The predicted octanol–water partition coefficient (Wildman–Crippen LogP) is 3.53. The van der Waals surface area contributed by atoms with Gasteiger partial charge >= 0.3 is 0 Å². The molecule has 0 atom stereocenters. The van der Waals surface area contributed by atoms with Gasteiger partial charge in [-0.05, 0) is 46.7 Å². The molecule has 1 aromatic rings. The maximum Gasteiger partial charge on any atom is 0.251 e. The van der Waals surface area contributed by atoms with Crippen molar-refractivity contribution in [3.63, 3.8) is 0 Å². The summed E-state index contributed by atoms with van der Waals surface area (Å²) in [5.41, 5.74) is -0.149. The van der Waals surface area contributed by atoms with Crippen LogP contribution in [0.2, 0.25) is 0 Å². The van der Waals surface area contributed by atoms with Crippen molar-refractivity contribution in [1.82, 2.24) is 9.47 Å². The molecule has 0 fully saturated rings. The van der Waals surface area contributed by atoms with Gasteiger partial charge in [-0.15, -0.1) is 0 Å². The number of carbonyl (C=O) groups excluding carboxylic acids is 1. The van der Waals surface area contributed by atoms with Gasteiger partial charge in [0.25, 0.3) is 5.56 Å². The minimum atomic E-state index is -0.149. The highest BCUT2D eigenvalue weighted by molar-refractivity contribution is 9.10. The van der Waals surface area contributed by atoms with Crippen molar-refractivity contribution in [2.24, 2.45) is 11.8 Å². The molecule has 0 saturated heterocycles. The third-order valence-electron chi connectivity index (χ3n) is 3.56. The van der Waals surface area contributed by atoms with Crippen LogP contribution in [0.3, 0.4) is 0 Å². The molecule has 4 nitrogen and oxygen atoms in total. The highest BCUT2D eigenvalue weighted by atomic mass is 79.9. The topological polar surface area (TPSA) is 42.3 Å². The molecule has 0 aromatic carbocycles. The second-order valence-corrected chi connectivity index (χ2v) is 7.47. The fraction of sp³-hybridized carbons (Fsp3) is 0.647. The molecule has 0 radical (unpaired) electrons. The molecule has 1 aromatic heterocycles. The summed E-state index contributed by atoms with van der Waals surface area (Å²) in [7, 11) is 0. The Bertz CT molecular complexity index is 526. The Labute approximate surface area is 141 Å². The first-order valence-corrected chi connectivity index (χ1v) is 8.72. The standard InChI is InChI=1S/C17H27BrN2O2/c1-13(2)7-9-19(10-8-14(3)4)17(22)12-20-11-15(18)5-6-16(20)21/h5-6,11,13-14H,7-10,12H2,1-4H3. The summed E-state index contributed by atoms with van der Waals surface area (Å²) in [5, 5.41) is 0. The minimum Gasteiger partial charge on any atom is -0.341 e. The quantitative estimate of drug-likeness (QED) is 0.702. The average Bonchev–Trinajstić information content (AvgIpc) is 2.42. The Morgan fingerprint density at radius 2 is 1.68 bits per heavy atom. The van der Waals surface area contributed by atoms with Crippen LogP contribution in [0.4, 0.5) is 0 Å². The van der Waals surface area contributed by atoms with Gasteiger partial charge in [-0.1, -0.05) is 27.7 Å². The van der Waals surface area contributed by atoms with E-state index in [1.165, 1.54) is 10.6 Å². The number of aromatic nitrogens is 1. The summed E-state index contributed by atoms with van der Waals surface area (Å²) in [5.74, 6) is 1.13. The first kappa shape index (κ1) is 18.9. The molecule has 0 spiro atoms. The van der Waals surface area contributed by atoms with Gasteiger partial charge in [0.2, 0.25) is 5.91 Å². The van der Waals surface area contributed by atoms with Gasteiger partial charge in [-0.3, -0.25) is 9.59 Å². The van der Waals surface area contributed by atoms with E-state index in [-0.39, 0.29) is 18.0 Å². The summed E-state index contributed by atoms with van der Waals surface area (Å²) < 4.78 is 2.26. The molecule has 0 unspecified atom stereocenters. The number of hydrogen-bond acceptors (Lipinski definition) is 2. The Balaban J connectivity index is 2.76. The van der Waals surface area contributed by atoms with Crippen LogP contribution in [0.15, 0.2) is 27.6 Å². The molecule has 5 heteroatoms. The zero-order chi connectivity index (χ0) is 16.7. The number of halogens is 1. The Kier molecular flexibility index (Phi) is 7.87. The van der Waals surface area contributed by atoms with Crippen molar-refractivity contribution in [3.8, 4) is 0 Å². The first-order chi connectivity index (χ1) is 10.3. The lowest BCUT2D eigenvalue weighted by Crippen LogP contribution is -2.38.